The van der Waals surface area contributed by atoms with Crippen molar-refractivity contribution in [3.05, 3.63) is 35.9 Å². The first-order chi connectivity index (χ1) is 9.84. The summed E-state index contributed by atoms with van der Waals surface area (Å²) < 4.78 is 5.57. The Morgan fingerprint density at radius 1 is 1.24 bits per heavy atom. The Kier molecular flexibility index (Phi) is 6.69. The van der Waals surface area contributed by atoms with Gasteiger partial charge in [0, 0.05) is 27.7 Å². The molecule has 0 amide bonds. The van der Waals surface area contributed by atoms with Gasteiger partial charge >= 0.3 is 0 Å². The van der Waals surface area contributed by atoms with Gasteiger partial charge in [-0.3, -0.25) is 0 Å². The molecule has 1 aromatic carbocycles. The number of rotatable bonds is 5. The van der Waals surface area contributed by atoms with Crippen LogP contribution in [0, 0.1) is 5.41 Å². The van der Waals surface area contributed by atoms with Crippen LogP contribution in [-0.4, -0.2) is 44.7 Å². The van der Waals surface area contributed by atoms with Crippen LogP contribution in [0.25, 0.3) is 0 Å². The quantitative estimate of drug-likeness (QED) is 0.669. The zero-order valence-corrected chi connectivity index (χ0v) is 14.2. The summed E-state index contributed by atoms with van der Waals surface area (Å²) in [7, 11) is 5.75. The second-order valence-electron chi connectivity index (χ2n) is 6.49. The van der Waals surface area contributed by atoms with Gasteiger partial charge in [-0.1, -0.05) is 51.1 Å². The summed E-state index contributed by atoms with van der Waals surface area (Å²) in [4.78, 5) is 6.66. The van der Waals surface area contributed by atoms with E-state index < -0.39 is 0 Å². The third-order valence-corrected chi connectivity index (χ3v) is 3.37. The van der Waals surface area contributed by atoms with Crippen LogP contribution in [-0.2, 0) is 11.3 Å². The van der Waals surface area contributed by atoms with Gasteiger partial charge in [0.25, 0.3) is 0 Å². The number of hydrogen-bond acceptors (Lipinski definition) is 2. The van der Waals surface area contributed by atoms with Gasteiger partial charge in [0.1, 0.15) is 0 Å². The van der Waals surface area contributed by atoms with Gasteiger partial charge in [-0.2, -0.15) is 0 Å². The van der Waals surface area contributed by atoms with E-state index in [-0.39, 0.29) is 11.5 Å². The topological polar surface area (TPSA) is 36.9 Å². The number of ether oxygens (including phenoxy) is 1. The lowest BCUT2D eigenvalue weighted by Gasteiger charge is -2.30. The standard InChI is InChI=1S/C17H29N3O/c1-17(2,3)15(21-6)13-19-16(20(4)5)18-12-14-10-8-7-9-11-14/h7-11,15H,12-13H2,1-6H3,(H,18,19). The van der Waals surface area contributed by atoms with E-state index in [1.807, 2.05) is 37.2 Å². The molecule has 0 radical (unpaired) electrons. The smallest absolute Gasteiger partial charge is 0.193 e. The maximum atomic E-state index is 5.57. The molecule has 0 fully saturated rings. The molecule has 0 heterocycles. The van der Waals surface area contributed by atoms with Crippen LogP contribution in [0.3, 0.4) is 0 Å². The summed E-state index contributed by atoms with van der Waals surface area (Å²) in [5.74, 6) is 0.880. The molecule has 1 aromatic rings. The maximum Gasteiger partial charge on any atom is 0.193 e. The third-order valence-electron chi connectivity index (χ3n) is 3.37. The predicted molar refractivity (Wildman–Crippen MR) is 89.5 cm³/mol. The first kappa shape index (κ1) is 17.5. The molecule has 0 saturated carbocycles. The van der Waals surface area contributed by atoms with E-state index in [0.717, 1.165) is 12.5 Å². The zero-order chi connectivity index (χ0) is 15.9. The summed E-state index contributed by atoms with van der Waals surface area (Å²) >= 11 is 0. The number of benzene rings is 1. The molecular weight excluding hydrogens is 262 g/mol. The Labute approximate surface area is 129 Å². The molecule has 1 N–H and O–H groups in total. The average Bonchev–Trinajstić information content (AvgIpc) is 2.42. The molecule has 0 aromatic heterocycles. The molecule has 0 aliphatic rings. The number of aliphatic imine (C=N–C) groups is 1. The average molecular weight is 291 g/mol. The van der Waals surface area contributed by atoms with Gasteiger partial charge in [0.2, 0.25) is 0 Å². The minimum Gasteiger partial charge on any atom is -0.379 e. The number of nitrogens with one attached hydrogen (secondary N) is 1. The molecular formula is C17H29N3O. The van der Waals surface area contributed by atoms with Crippen LogP contribution in [0.4, 0.5) is 0 Å². The summed E-state index contributed by atoms with van der Waals surface area (Å²) in [5, 5.41) is 3.40. The molecule has 4 nitrogen and oxygen atoms in total. The summed E-state index contributed by atoms with van der Waals surface area (Å²) in [6, 6.07) is 10.3. The lowest BCUT2D eigenvalue weighted by molar-refractivity contribution is 0.0202. The van der Waals surface area contributed by atoms with Crippen molar-refractivity contribution >= 4 is 5.96 Å². The Bertz CT molecular complexity index is 435. The highest BCUT2D eigenvalue weighted by Gasteiger charge is 2.24. The van der Waals surface area contributed by atoms with E-state index in [4.69, 9.17) is 4.74 Å². The maximum absolute atomic E-state index is 5.57. The van der Waals surface area contributed by atoms with Crippen molar-refractivity contribution in [3.8, 4) is 0 Å². The third kappa shape index (κ3) is 6.17. The van der Waals surface area contributed by atoms with Gasteiger partial charge in [0.15, 0.2) is 5.96 Å². The second kappa shape index (κ2) is 8.03. The van der Waals surface area contributed by atoms with Gasteiger partial charge in [-0.25, -0.2) is 4.99 Å². The molecule has 0 aliphatic heterocycles. The van der Waals surface area contributed by atoms with Gasteiger partial charge < -0.3 is 15.0 Å². The van der Waals surface area contributed by atoms with E-state index in [2.05, 4.69) is 43.2 Å². The fourth-order valence-corrected chi connectivity index (χ4v) is 2.03. The van der Waals surface area contributed by atoms with E-state index in [9.17, 15) is 0 Å². The van der Waals surface area contributed by atoms with Crippen LogP contribution in [0.1, 0.15) is 26.3 Å². The van der Waals surface area contributed by atoms with E-state index >= 15 is 0 Å². The van der Waals surface area contributed by atoms with Crippen molar-refractivity contribution in [1.82, 2.24) is 10.2 Å². The largest absolute Gasteiger partial charge is 0.379 e. The zero-order valence-electron chi connectivity index (χ0n) is 14.2. The first-order valence-electron chi connectivity index (χ1n) is 7.37. The lowest BCUT2D eigenvalue weighted by Crippen LogP contribution is -2.44. The van der Waals surface area contributed by atoms with E-state index in [1.54, 1.807) is 7.11 Å². The number of methoxy groups -OCH3 is 1. The fourth-order valence-electron chi connectivity index (χ4n) is 2.03. The number of guanidine groups is 1. The van der Waals surface area contributed by atoms with Crippen molar-refractivity contribution in [2.45, 2.75) is 33.4 Å². The van der Waals surface area contributed by atoms with Crippen LogP contribution >= 0.6 is 0 Å². The van der Waals surface area contributed by atoms with Crippen molar-refractivity contribution in [3.63, 3.8) is 0 Å². The number of nitrogens with zero attached hydrogens (tertiary/aromatic N) is 2. The SMILES string of the molecule is COC(CNC(=NCc1ccccc1)N(C)C)C(C)(C)C. The minimum atomic E-state index is 0.0958. The van der Waals surface area contributed by atoms with Crippen molar-refractivity contribution < 1.29 is 4.74 Å². The molecule has 0 saturated heterocycles. The molecule has 118 valence electrons. The van der Waals surface area contributed by atoms with Gasteiger partial charge in [0.05, 0.1) is 12.6 Å². The fraction of sp³-hybridized carbons (Fsp3) is 0.588. The van der Waals surface area contributed by atoms with Crippen molar-refractivity contribution in [2.24, 2.45) is 10.4 Å². The summed E-state index contributed by atoms with van der Waals surface area (Å²) in [6.45, 7) is 7.96. The Hall–Kier alpha value is -1.55. The molecule has 0 spiro atoms. The van der Waals surface area contributed by atoms with Gasteiger partial charge in [-0.15, -0.1) is 0 Å². The Balaban J connectivity index is 2.65. The lowest BCUT2D eigenvalue weighted by atomic mass is 9.89. The van der Waals surface area contributed by atoms with Gasteiger partial charge in [-0.05, 0) is 11.0 Å². The molecule has 0 bridgehead atoms. The predicted octanol–water partition coefficient (Wildman–Crippen LogP) is 2.75. The summed E-state index contributed by atoms with van der Waals surface area (Å²) in [5.41, 5.74) is 1.30. The van der Waals surface area contributed by atoms with Crippen molar-refractivity contribution in [2.75, 3.05) is 27.7 Å². The highest BCUT2D eigenvalue weighted by molar-refractivity contribution is 5.79. The highest BCUT2D eigenvalue weighted by Crippen LogP contribution is 2.20. The second-order valence-corrected chi connectivity index (χ2v) is 6.49. The van der Waals surface area contributed by atoms with Crippen LogP contribution < -0.4 is 5.32 Å². The molecule has 21 heavy (non-hydrogen) atoms. The normalized spacial score (nSPS) is 13.9. The van der Waals surface area contributed by atoms with Crippen molar-refractivity contribution in [1.29, 1.82) is 0 Å². The molecule has 1 atom stereocenters. The van der Waals surface area contributed by atoms with E-state index in [1.165, 1.54) is 5.56 Å². The van der Waals surface area contributed by atoms with Crippen LogP contribution in [0.5, 0.6) is 0 Å². The monoisotopic (exact) mass is 291 g/mol. The van der Waals surface area contributed by atoms with E-state index in [0.29, 0.717) is 6.54 Å². The molecule has 0 aliphatic carbocycles. The van der Waals surface area contributed by atoms with Crippen LogP contribution in [0.2, 0.25) is 0 Å². The molecule has 1 unspecified atom stereocenters. The Morgan fingerprint density at radius 2 is 1.86 bits per heavy atom. The first-order valence-corrected chi connectivity index (χ1v) is 7.37. The van der Waals surface area contributed by atoms with Crippen LogP contribution in [0.15, 0.2) is 35.3 Å². The highest BCUT2D eigenvalue weighted by atomic mass is 16.5. The summed E-state index contributed by atoms with van der Waals surface area (Å²) in [6.07, 6.45) is 0.138. The molecule has 1 rings (SSSR count). The Morgan fingerprint density at radius 3 is 2.33 bits per heavy atom. The number of hydrogen-bond donors (Lipinski definition) is 1. The minimum absolute atomic E-state index is 0.0958. The molecule has 4 heteroatoms.